The molecule has 1 atom stereocenters. The number of alkyl halides is 2. The van der Waals surface area contributed by atoms with Crippen molar-refractivity contribution in [3.63, 3.8) is 0 Å². The molecule has 0 aliphatic heterocycles. The fourth-order valence-electron chi connectivity index (χ4n) is 4.09. The highest BCUT2D eigenvalue weighted by Gasteiger charge is 2.54. The molecule has 9 nitrogen and oxygen atoms in total. The van der Waals surface area contributed by atoms with E-state index in [0.717, 1.165) is 17.9 Å². The van der Waals surface area contributed by atoms with Gasteiger partial charge in [-0.1, -0.05) is 60.7 Å². The SMILES string of the molecule is CCOP(=O)(OCC)C(F)(F)c1ccc(CC(NS(=O)(=O)c2ccccc2)C(=O)NCCCCOc2ccccc2)cc1. The predicted molar refractivity (Wildman–Crippen MR) is 160 cm³/mol. The molecule has 3 aromatic carbocycles. The van der Waals surface area contributed by atoms with Gasteiger partial charge in [0.05, 0.1) is 24.7 Å². The second-order valence-electron chi connectivity index (χ2n) is 9.42. The number of halogens is 2. The number of unbranched alkanes of at least 4 members (excludes halogenated alkanes) is 1. The van der Waals surface area contributed by atoms with Crippen molar-refractivity contribution < 1.29 is 40.3 Å². The lowest BCUT2D eigenvalue weighted by Gasteiger charge is -2.26. The first-order valence-electron chi connectivity index (χ1n) is 13.9. The Bertz CT molecular complexity index is 1430. The third kappa shape index (κ3) is 9.67. The minimum absolute atomic E-state index is 0.0246. The quantitative estimate of drug-likeness (QED) is 0.132. The van der Waals surface area contributed by atoms with Gasteiger partial charge in [0.1, 0.15) is 11.8 Å². The number of amides is 1. The van der Waals surface area contributed by atoms with Gasteiger partial charge in [-0.15, -0.1) is 0 Å². The normalized spacial score (nSPS) is 12.9. The van der Waals surface area contributed by atoms with Gasteiger partial charge in [-0.25, -0.2) is 8.42 Å². The number of hydrogen-bond acceptors (Lipinski definition) is 7. The van der Waals surface area contributed by atoms with Crippen LogP contribution in [0.25, 0.3) is 0 Å². The van der Waals surface area contributed by atoms with Crippen LogP contribution in [0.1, 0.15) is 37.8 Å². The van der Waals surface area contributed by atoms with Crippen molar-refractivity contribution in [3.8, 4) is 5.75 Å². The lowest BCUT2D eigenvalue weighted by molar-refractivity contribution is -0.122. The second kappa shape index (κ2) is 16.1. The van der Waals surface area contributed by atoms with Gasteiger partial charge in [0.25, 0.3) is 0 Å². The average molecular weight is 639 g/mol. The third-order valence-electron chi connectivity index (χ3n) is 6.23. The number of rotatable bonds is 18. The van der Waals surface area contributed by atoms with E-state index < -0.39 is 40.8 Å². The summed E-state index contributed by atoms with van der Waals surface area (Å²) in [6, 6.07) is 20.4. The summed E-state index contributed by atoms with van der Waals surface area (Å²) in [6.07, 6.45) is 1.11. The Labute approximate surface area is 251 Å². The lowest BCUT2D eigenvalue weighted by Crippen LogP contribution is -2.48. The van der Waals surface area contributed by atoms with E-state index in [0.29, 0.717) is 25.0 Å². The highest BCUT2D eigenvalue weighted by Crippen LogP contribution is 2.66. The fraction of sp³-hybridized carbons (Fsp3) is 0.367. The van der Waals surface area contributed by atoms with Crippen LogP contribution in [-0.2, 0) is 40.5 Å². The summed E-state index contributed by atoms with van der Waals surface area (Å²) in [5.74, 6) is 0.166. The largest absolute Gasteiger partial charge is 0.494 e. The molecular weight excluding hydrogens is 601 g/mol. The molecule has 234 valence electrons. The molecule has 43 heavy (non-hydrogen) atoms. The van der Waals surface area contributed by atoms with E-state index in [2.05, 4.69) is 10.0 Å². The molecule has 0 saturated carbocycles. The Morgan fingerprint density at radius 2 is 1.47 bits per heavy atom. The zero-order valence-electron chi connectivity index (χ0n) is 24.1. The molecule has 0 spiro atoms. The standard InChI is InChI=1S/C30H37F2N2O7PS/c1-3-40-42(36,41-4-2)30(31,32)25-19-17-24(18-20-25)23-28(34-43(37,38)27-15-9-6-10-16-27)29(35)33-21-11-12-22-39-26-13-7-5-8-14-26/h5-10,13-20,28,34H,3-4,11-12,21-23H2,1-2H3,(H,33,35). The summed E-state index contributed by atoms with van der Waals surface area (Å²) >= 11 is 0. The van der Waals surface area contributed by atoms with Gasteiger partial charge in [0.15, 0.2) is 0 Å². The number of carbonyl (C=O) groups is 1. The minimum atomic E-state index is -4.80. The molecule has 0 bridgehead atoms. The van der Waals surface area contributed by atoms with Crippen LogP contribution in [0, 0.1) is 0 Å². The molecule has 0 aliphatic carbocycles. The highest BCUT2D eigenvalue weighted by atomic mass is 32.2. The fourth-order valence-corrected chi connectivity index (χ4v) is 6.85. The summed E-state index contributed by atoms with van der Waals surface area (Å²) in [4.78, 5) is 13.1. The Kier molecular flexibility index (Phi) is 12.8. The molecule has 3 rings (SSSR count). The van der Waals surface area contributed by atoms with Crippen LogP contribution in [-0.4, -0.2) is 46.7 Å². The number of hydrogen-bond donors (Lipinski definition) is 2. The maximum absolute atomic E-state index is 15.2. The number of sulfonamides is 1. The van der Waals surface area contributed by atoms with Gasteiger partial charge >= 0.3 is 13.3 Å². The molecule has 0 fully saturated rings. The Balaban J connectivity index is 1.70. The van der Waals surface area contributed by atoms with Gasteiger partial charge < -0.3 is 19.1 Å². The molecule has 0 heterocycles. The number of ether oxygens (including phenoxy) is 1. The van der Waals surface area contributed by atoms with E-state index in [1.807, 2.05) is 30.3 Å². The van der Waals surface area contributed by atoms with Crippen molar-refractivity contribution in [1.82, 2.24) is 10.0 Å². The summed E-state index contributed by atoms with van der Waals surface area (Å²) in [6.45, 7) is 3.12. The maximum Gasteiger partial charge on any atom is 0.404 e. The van der Waals surface area contributed by atoms with Crippen LogP contribution in [0.2, 0.25) is 0 Å². The van der Waals surface area contributed by atoms with Crippen molar-refractivity contribution in [2.75, 3.05) is 26.4 Å². The minimum Gasteiger partial charge on any atom is -0.494 e. The van der Waals surface area contributed by atoms with Crippen LogP contribution >= 0.6 is 7.60 Å². The Hall–Kier alpha value is -3.15. The van der Waals surface area contributed by atoms with Crippen LogP contribution in [0.5, 0.6) is 5.75 Å². The first-order valence-corrected chi connectivity index (χ1v) is 16.9. The number of nitrogens with one attached hydrogen (secondary N) is 2. The van der Waals surface area contributed by atoms with Crippen molar-refractivity contribution in [1.29, 1.82) is 0 Å². The number of benzene rings is 3. The molecule has 0 aromatic heterocycles. The van der Waals surface area contributed by atoms with Gasteiger partial charge in [0.2, 0.25) is 15.9 Å². The van der Waals surface area contributed by atoms with Crippen LogP contribution in [0.3, 0.4) is 0 Å². The average Bonchev–Trinajstić information content (AvgIpc) is 3.00. The summed E-state index contributed by atoms with van der Waals surface area (Å²) in [7, 11) is -8.88. The van der Waals surface area contributed by atoms with Crippen molar-refractivity contribution in [3.05, 3.63) is 96.1 Å². The van der Waals surface area contributed by atoms with E-state index in [1.165, 1.54) is 38.1 Å². The summed E-state index contributed by atoms with van der Waals surface area (Å²) < 4.78 is 86.9. The molecule has 1 unspecified atom stereocenters. The summed E-state index contributed by atoms with van der Waals surface area (Å²) in [5, 5.41) is 2.75. The lowest BCUT2D eigenvalue weighted by atomic mass is 10.0. The summed E-state index contributed by atoms with van der Waals surface area (Å²) in [5.41, 5.74) is -4.12. The first kappa shape index (κ1) is 34.3. The molecule has 1 amide bonds. The molecule has 2 N–H and O–H groups in total. The number of para-hydroxylation sites is 1. The molecule has 3 aromatic rings. The van der Waals surface area contributed by atoms with Crippen LogP contribution in [0.15, 0.2) is 89.8 Å². The van der Waals surface area contributed by atoms with E-state index in [9.17, 15) is 17.8 Å². The molecule has 13 heteroatoms. The molecule has 0 radical (unpaired) electrons. The van der Waals surface area contributed by atoms with Crippen molar-refractivity contribution in [2.45, 2.75) is 49.7 Å². The smallest absolute Gasteiger partial charge is 0.404 e. The van der Waals surface area contributed by atoms with Crippen molar-refractivity contribution in [2.24, 2.45) is 0 Å². The zero-order chi connectivity index (χ0) is 31.3. The van der Waals surface area contributed by atoms with E-state index >= 15 is 8.78 Å². The number of carbonyl (C=O) groups excluding carboxylic acids is 1. The van der Waals surface area contributed by atoms with Gasteiger partial charge in [0, 0.05) is 12.1 Å². The third-order valence-corrected chi connectivity index (χ3v) is 9.86. The van der Waals surface area contributed by atoms with Gasteiger partial charge in [-0.05, 0) is 62.9 Å². The maximum atomic E-state index is 15.2. The van der Waals surface area contributed by atoms with Crippen LogP contribution in [0.4, 0.5) is 8.78 Å². The van der Waals surface area contributed by atoms with E-state index in [-0.39, 0.29) is 31.1 Å². The zero-order valence-corrected chi connectivity index (χ0v) is 25.8. The molecular formula is C30H37F2N2O7PS. The topological polar surface area (TPSA) is 120 Å². The Morgan fingerprint density at radius 3 is 2.05 bits per heavy atom. The van der Waals surface area contributed by atoms with Gasteiger partial charge in [-0.3, -0.25) is 9.36 Å². The van der Waals surface area contributed by atoms with E-state index in [4.69, 9.17) is 13.8 Å². The molecule has 0 aliphatic rings. The predicted octanol–water partition coefficient (Wildman–Crippen LogP) is 5.87. The first-order chi connectivity index (χ1) is 20.5. The molecule has 0 saturated heterocycles. The second-order valence-corrected chi connectivity index (χ2v) is 13.2. The Morgan fingerprint density at radius 1 is 0.884 bits per heavy atom. The van der Waals surface area contributed by atoms with E-state index in [1.54, 1.807) is 18.2 Å². The monoisotopic (exact) mass is 638 g/mol. The van der Waals surface area contributed by atoms with Gasteiger partial charge in [-0.2, -0.15) is 13.5 Å². The van der Waals surface area contributed by atoms with Crippen molar-refractivity contribution >= 4 is 23.5 Å². The highest BCUT2D eigenvalue weighted by molar-refractivity contribution is 7.89. The van der Waals surface area contributed by atoms with Crippen LogP contribution < -0.4 is 14.8 Å².